The summed E-state index contributed by atoms with van der Waals surface area (Å²) in [5.74, 6) is 0. The van der Waals surface area contributed by atoms with Gasteiger partial charge in [-0.1, -0.05) is 0 Å². The van der Waals surface area contributed by atoms with Crippen LogP contribution in [0.3, 0.4) is 0 Å². The van der Waals surface area contributed by atoms with Gasteiger partial charge < -0.3 is 62.2 Å². The van der Waals surface area contributed by atoms with E-state index >= 15 is 0 Å². The van der Waals surface area contributed by atoms with Gasteiger partial charge in [-0.05, 0) is 6.42 Å². The van der Waals surface area contributed by atoms with Gasteiger partial charge in [0, 0.05) is 76.6 Å². The monoisotopic (exact) mass is 555 g/mol. The molecule has 1 N–H and O–H groups in total. The maximum atomic E-state index is 11.5. The SMILES string of the molecule is COC(=O)NCCC[Si](O[Si](OC)(OC)OC)(O[Si](OC)(OC)OC)O[Si](OC)(OC)OC. The Morgan fingerprint density at radius 2 is 0.879 bits per heavy atom. The quantitative estimate of drug-likeness (QED) is 0.166. The summed E-state index contributed by atoms with van der Waals surface area (Å²) in [6.45, 7) is 0.183. The van der Waals surface area contributed by atoms with Crippen molar-refractivity contribution in [2.45, 2.75) is 12.5 Å². The van der Waals surface area contributed by atoms with Crippen molar-refractivity contribution in [2.24, 2.45) is 0 Å². The van der Waals surface area contributed by atoms with Crippen molar-refractivity contribution in [1.29, 1.82) is 0 Å². The Kier molecular flexibility index (Phi) is 15.4. The van der Waals surface area contributed by atoms with E-state index in [1.54, 1.807) is 0 Å². The first-order valence-corrected chi connectivity index (χ1v) is 16.3. The minimum Gasteiger partial charge on any atom is -0.453 e. The number of methoxy groups -OCH3 is 1. The molecule has 33 heavy (non-hydrogen) atoms. The molecule has 0 aromatic carbocycles. The largest absolute Gasteiger partial charge is 0.671 e. The van der Waals surface area contributed by atoms with Crippen molar-refractivity contribution in [3.63, 3.8) is 0 Å². The van der Waals surface area contributed by atoms with Crippen LogP contribution < -0.4 is 5.32 Å². The van der Waals surface area contributed by atoms with E-state index in [2.05, 4.69) is 10.1 Å². The van der Waals surface area contributed by atoms with E-state index in [4.69, 9.17) is 52.2 Å². The number of amides is 1. The molecular weight excluding hydrogens is 518 g/mol. The minimum absolute atomic E-state index is 0.0531. The Hall–Kier alpha value is -0.342. The number of carbonyl (C=O) groups is 1. The number of rotatable bonds is 19. The van der Waals surface area contributed by atoms with Crippen LogP contribution in [0.15, 0.2) is 0 Å². The van der Waals surface area contributed by atoms with E-state index in [-0.39, 0.29) is 19.0 Å². The molecular formula is C14H37NO14Si4. The highest BCUT2D eigenvalue weighted by molar-refractivity contribution is 6.82. The van der Waals surface area contributed by atoms with Crippen LogP contribution in [0.1, 0.15) is 6.42 Å². The Morgan fingerprint density at radius 3 is 1.12 bits per heavy atom. The van der Waals surface area contributed by atoms with Gasteiger partial charge in [-0.15, -0.1) is 0 Å². The van der Waals surface area contributed by atoms with E-state index in [0.29, 0.717) is 0 Å². The van der Waals surface area contributed by atoms with Gasteiger partial charge in [0.05, 0.1) is 7.11 Å². The average molecular weight is 556 g/mol. The van der Waals surface area contributed by atoms with E-state index < -0.39 is 42.0 Å². The molecule has 0 spiro atoms. The normalized spacial score (nSPS) is 13.3. The fraction of sp³-hybridized carbons (Fsp3) is 0.929. The molecule has 0 heterocycles. The predicted molar refractivity (Wildman–Crippen MR) is 119 cm³/mol. The molecule has 1 amide bonds. The molecule has 0 saturated heterocycles. The number of hydrogen-bond acceptors (Lipinski definition) is 14. The topological polar surface area (TPSA) is 149 Å². The Labute approximate surface area is 199 Å². The fourth-order valence-electron chi connectivity index (χ4n) is 2.48. The van der Waals surface area contributed by atoms with E-state index in [0.717, 1.165) is 0 Å². The molecule has 0 unspecified atom stereocenters. The third kappa shape index (κ3) is 9.32. The zero-order valence-electron chi connectivity index (χ0n) is 20.8. The maximum absolute atomic E-state index is 11.5. The van der Waals surface area contributed by atoms with Crippen LogP contribution in [0.5, 0.6) is 0 Å². The average Bonchev–Trinajstić information content (AvgIpc) is 2.87. The zero-order chi connectivity index (χ0) is 25.6. The lowest BCUT2D eigenvalue weighted by atomic mass is 10.5. The summed E-state index contributed by atoms with van der Waals surface area (Å²) in [6, 6.07) is 0.0531. The number of carbonyl (C=O) groups excluding carboxylic acids is 1. The van der Waals surface area contributed by atoms with E-state index in [1.165, 1.54) is 71.1 Å². The molecule has 0 bridgehead atoms. The summed E-state index contributed by atoms with van der Waals surface area (Å²) in [5, 5.41) is 2.57. The summed E-state index contributed by atoms with van der Waals surface area (Å²) in [6.07, 6.45) is -0.324. The molecule has 0 fully saturated rings. The third-order valence-electron chi connectivity index (χ3n) is 4.21. The number of hydrogen-bond donors (Lipinski definition) is 1. The van der Waals surface area contributed by atoms with Gasteiger partial charge in [0.1, 0.15) is 0 Å². The molecule has 0 aliphatic rings. The molecule has 0 aromatic heterocycles. The maximum Gasteiger partial charge on any atom is 0.671 e. The standard InChI is InChI=1S/C14H37NO14Si4/c1-17-14(16)15-12-11-13-30(27-31(18-2,19-3)20-4,28-32(21-5,22-6)23-7)29-33(24-8,25-9)26-10/h11-13H2,1-10H3,(H,15,16). The van der Waals surface area contributed by atoms with Gasteiger partial charge in [0.15, 0.2) is 0 Å². The van der Waals surface area contributed by atoms with Crippen molar-refractivity contribution in [3.05, 3.63) is 0 Å². The van der Waals surface area contributed by atoms with Crippen LogP contribution in [0, 0.1) is 0 Å². The smallest absolute Gasteiger partial charge is 0.453 e. The molecule has 0 aliphatic heterocycles. The molecule has 0 saturated carbocycles. The third-order valence-corrected chi connectivity index (χ3v) is 16.4. The fourth-order valence-corrected chi connectivity index (χ4v) is 15.0. The lowest BCUT2D eigenvalue weighted by molar-refractivity contribution is -0.0260. The summed E-state index contributed by atoms with van der Waals surface area (Å²) in [7, 11) is -2.16. The molecule has 15 nitrogen and oxygen atoms in total. The van der Waals surface area contributed by atoms with Gasteiger partial charge in [-0.25, -0.2) is 4.79 Å². The molecule has 0 radical (unpaired) electrons. The summed E-state index contributed by atoms with van der Waals surface area (Å²) >= 11 is 0. The number of alkyl carbamates (subject to hydrolysis) is 1. The predicted octanol–water partition coefficient (Wildman–Crippen LogP) is -0.154. The number of nitrogens with one attached hydrogen (secondary N) is 1. The molecule has 19 heteroatoms. The second-order valence-electron chi connectivity index (χ2n) is 5.85. The van der Waals surface area contributed by atoms with Crippen LogP contribution in [-0.2, 0) is 56.9 Å². The Bertz CT molecular complexity index is 470. The summed E-state index contributed by atoms with van der Waals surface area (Å²) in [5.41, 5.74) is 0. The van der Waals surface area contributed by atoms with Crippen LogP contribution in [0.2, 0.25) is 6.04 Å². The van der Waals surface area contributed by atoms with Crippen molar-refractivity contribution < 1.29 is 61.7 Å². The van der Waals surface area contributed by atoms with Crippen LogP contribution in [0.25, 0.3) is 0 Å². The first-order valence-electron chi connectivity index (χ1n) is 9.51. The van der Waals surface area contributed by atoms with Gasteiger partial charge in [0.2, 0.25) is 0 Å². The minimum atomic E-state index is -4.10. The summed E-state index contributed by atoms with van der Waals surface area (Å²) < 4.78 is 72.2. The zero-order valence-corrected chi connectivity index (χ0v) is 24.8. The number of ether oxygens (including phenoxy) is 1. The second-order valence-corrected chi connectivity index (χ2v) is 16.8. The van der Waals surface area contributed by atoms with Crippen LogP contribution in [0.4, 0.5) is 4.79 Å². The van der Waals surface area contributed by atoms with Gasteiger partial charge in [-0.3, -0.25) is 0 Å². The molecule has 0 rings (SSSR count). The highest BCUT2D eigenvalue weighted by Crippen LogP contribution is 2.31. The van der Waals surface area contributed by atoms with Crippen LogP contribution >= 0.6 is 0 Å². The van der Waals surface area contributed by atoms with Crippen LogP contribution in [-0.4, -0.2) is 120 Å². The highest BCUT2D eigenvalue weighted by Gasteiger charge is 2.65. The van der Waals surface area contributed by atoms with Crippen molar-refractivity contribution in [3.8, 4) is 0 Å². The second kappa shape index (κ2) is 15.6. The first kappa shape index (κ1) is 32.7. The lowest BCUT2D eigenvalue weighted by Crippen LogP contribution is -2.69. The Balaban J connectivity index is 6.48. The van der Waals surface area contributed by atoms with Crippen molar-refractivity contribution in [1.82, 2.24) is 5.32 Å². The van der Waals surface area contributed by atoms with E-state index in [9.17, 15) is 4.79 Å². The first-order chi connectivity index (χ1) is 15.6. The molecule has 0 aromatic rings. The Morgan fingerprint density at radius 1 is 0.576 bits per heavy atom. The highest BCUT2D eigenvalue weighted by atomic mass is 28.5. The van der Waals surface area contributed by atoms with Gasteiger partial charge in [0.25, 0.3) is 0 Å². The molecule has 0 aliphatic carbocycles. The van der Waals surface area contributed by atoms with Gasteiger partial charge in [-0.2, -0.15) is 0 Å². The summed E-state index contributed by atoms with van der Waals surface area (Å²) in [4.78, 5) is 11.5. The molecule has 198 valence electrons. The molecule has 0 atom stereocenters. The van der Waals surface area contributed by atoms with Gasteiger partial charge >= 0.3 is 42.0 Å². The van der Waals surface area contributed by atoms with E-state index in [1.807, 2.05) is 0 Å². The van der Waals surface area contributed by atoms with Crippen molar-refractivity contribution in [2.75, 3.05) is 77.6 Å². The lowest BCUT2D eigenvalue weighted by Gasteiger charge is -2.41. The van der Waals surface area contributed by atoms with Crippen molar-refractivity contribution >= 4 is 42.0 Å².